The number of carbonyl (C=O) groups excluding carboxylic acids is 3. The monoisotopic (exact) mass is 337 g/mol. The fraction of sp³-hybridized carbons (Fsp3) is 0.333. The number of amides is 2. The summed E-state index contributed by atoms with van der Waals surface area (Å²) in [6.07, 6.45) is -0.103. The van der Waals surface area contributed by atoms with Crippen molar-refractivity contribution in [1.29, 1.82) is 5.26 Å². The number of nitrogens with one attached hydrogen (secondary N) is 2. The van der Waals surface area contributed by atoms with Gasteiger partial charge >= 0.3 is 0 Å². The molecule has 0 fully saturated rings. The van der Waals surface area contributed by atoms with Crippen LogP contribution in [0.4, 0.5) is 5.69 Å². The smallest absolute Gasteiger partial charge is 0.249 e. The summed E-state index contributed by atoms with van der Waals surface area (Å²) in [5, 5.41) is 14.2. The summed E-state index contributed by atoms with van der Waals surface area (Å²) in [5.74, 6) is -2.62. The molecule has 2 amide bonds. The third-order valence-corrected chi connectivity index (χ3v) is 3.17. The largest absolute Gasteiger partial charge is 0.495 e. The first kappa shape index (κ1) is 18.5. The highest BCUT2D eigenvalue weighted by molar-refractivity contribution is 6.32. The molecule has 122 valence electrons. The predicted octanol–water partition coefficient (Wildman–Crippen LogP) is 1.52. The molecular formula is C15H16ClN3O4. The van der Waals surface area contributed by atoms with Gasteiger partial charge in [-0.15, -0.1) is 0 Å². The molecule has 1 aromatic carbocycles. The van der Waals surface area contributed by atoms with E-state index in [2.05, 4.69) is 10.6 Å². The number of nitriles is 1. The van der Waals surface area contributed by atoms with Gasteiger partial charge in [0, 0.05) is 25.6 Å². The predicted molar refractivity (Wildman–Crippen MR) is 84.0 cm³/mol. The van der Waals surface area contributed by atoms with Gasteiger partial charge < -0.3 is 15.4 Å². The van der Waals surface area contributed by atoms with Crippen molar-refractivity contribution in [2.75, 3.05) is 19.0 Å². The second-order valence-electron chi connectivity index (χ2n) is 4.60. The Kier molecular flexibility index (Phi) is 7.03. The van der Waals surface area contributed by atoms with Crippen molar-refractivity contribution in [2.24, 2.45) is 5.92 Å². The number of benzene rings is 1. The van der Waals surface area contributed by atoms with Crippen molar-refractivity contribution < 1.29 is 19.1 Å². The lowest BCUT2D eigenvalue weighted by atomic mass is 10.0. The Balaban J connectivity index is 2.70. The Hall–Kier alpha value is -2.59. The molecule has 2 N–H and O–H groups in total. The number of halogens is 1. The first-order valence-corrected chi connectivity index (χ1v) is 7.08. The van der Waals surface area contributed by atoms with E-state index in [1.54, 1.807) is 18.2 Å². The van der Waals surface area contributed by atoms with E-state index in [-0.39, 0.29) is 23.9 Å². The molecule has 0 aliphatic rings. The van der Waals surface area contributed by atoms with Gasteiger partial charge in [0.05, 0.1) is 18.2 Å². The highest BCUT2D eigenvalue weighted by atomic mass is 35.5. The lowest BCUT2D eigenvalue weighted by Crippen LogP contribution is -2.31. The quantitative estimate of drug-likeness (QED) is 0.733. The molecule has 1 atom stereocenters. The van der Waals surface area contributed by atoms with Gasteiger partial charge in [0.15, 0.2) is 11.7 Å². The van der Waals surface area contributed by atoms with Gasteiger partial charge in [-0.25, -0.2) is 0 Å². The summed E-state index contributed by atoms with van der Waals surface area (Å²) in [7, 11) is 1.46. The number of carbonyl (C=O) groups is 3. The fourth-order valence-corrected chi connectivity index (χ4v) is 2.00. The number of nitrogens with zero attached hydrogens (tertiary/aromatic N) is 1. The number of Topliss-reactive ketones (excluding diaryl/α,β-unsaturated/α-hetero) is 1. The van der Waals surface area contributed by atoms with Crippen molar-refractivity contribution >= 4 is 34.9 Å². The van der Waals surface area contributed by atoms with Crippen LogP contribution in [0, 0.1) is 17.2 Å². The minimum absolute atomic E-state index is 0.0774. The number of methoxy groups -OCH3 is 1. The van der Waals surface area contributed by atoms with E-state index in [9.17, 15) is 14.4 Å². The molecule has 1 rings (SSSR count). The van der Waals surface area contributed by atoms with E-state index >= 15 is 0 Å². The van der Waals surface area contributed by atoms with Crippen molar-refractivity contribution in [3.63, 3.8) is 0 Å². The average Bonchev–Trinajstić information content (AvgIpc) is 2.47. The summed E-state index contributed by atoms with van der Waals surface area (Å²) in [6.45, 7) is 1.39. The molecule has 0 saturated heterocycles. The van der Waals surface area contributed by atoms with E-state index in [0.717, 1.165) is 0 Å². The zero-order valence-electron chi connectivity index (χ0n) is 12.7. The van der Waals surface area contributed by atoms with Gasteiger partial charge in [0.1, 0.15) is 5.75 Å². The normalized spacial score (nSPS) is 11.0. The highest BCUT2D eigenvalue weighted by Gasteiger charge is 2.26. The maximum atomic E-state index is 12.0. The number of ether oxygens (including phenoxy) is 1. The van der Waals surface area contributed by atoms with Crippen LogP contribution in [0.3, 0.4) is 0 Å². The number of hydrogen-bond acceptors (Lipinski definition) is 5. The number of ketones is 1. The fourth-order valence-electron chi connectivity index (χ4n) is 1.74. The van der Waals surface area contributed by atoms with Crippen LogP contribution in [0.5, 0.6) is 5.75 Å². The molecule has 0 unspecified atom stereocenters. The first-order chi connectivity index (χ1) is 10.9. The van der Waals surface area contributed by atoms with Crippen molar-refractivity contribution in [3.8, 4) is 11.8 Å². The highest BCUT2D eigenvalue weighted by Crippen LogP contribution is 2.27. The lowest BCUT2D eigenvalue weighted by molar-refractivity contribution is -0.128. The van der Waals surface area contributed by atoms with Gasteiger partial charge in [-0.05, 0) is 18.2 Å². The van der Waals surface area contributed by atoms with Crippen LogP contribution in [0.25, 0.3) is 0 Å². The number of hydrogen-bond donors (Lipinski definition) is 2. The molecule has 0 bridgehead atoms. The van der Waals surface area contributed by atoms with Gasteiger partial charge in [-0.3, -0.25) is 14.4 Å². The lowest BCUT2D eigenvalue weighted by Gasteiger charge is -2.11. The molecule has 0 spiro atoms. The minimum atomic E-state index is -1.45. The van der Waals surface area contributed by atoms with Crippen LogP contribution in [-0.4, -0.2) is 31.3 Å². The molecule has 7 nitrogen and oxygen atoms in total. The van der Waals surface area contributed by atoms with Crippen LogP contribution in [0.15, 0.2) is 18.2 Å². The molecule has 0 aromatic heterocycles. The summed E-state index contributed by atoms with van der Waals surface area (Å²) < 4.78 is 4.99. The zero-order chi connectivity index (χ0) is 17.4. The Morgan fingerprint density at radius 3 is 2.61 bits per heavy atom. The number of anilines is 1. The van der Waals surface area contributed by atoms with E-state index in [0.29, 0.717) is 11.4 Å². The molecule has 0 heterocycles. The Morgan fingerprint density at radius 2 is 2.09 bits per heavy atom. The molecule has 1 aromatic rings. The summed E-state index contributed by atoms with van der Waals surface area (Å²) in [6, 6.07) is 6.21. The van der Waals surface area contributed by atoms with Gasteiger partial charge in [0.25, 0.3) is 0 Å². The number of rotatable bonds is 7. The molecule has 0 radical (unpaired) electrons. The standard InChI is InChI=1S/C15H16ClN3O4/c1-9(20)18-6-5-13(21)11(8-17)15(22)19-10-3-4-14(23-2)12(16)7-10/h3-4,7,11H,5-6H2,1-2H3,(H,18,20)(H,19,22)/t11-/m0/s1. The Bertz CT molecular complexity index is 655. The van der Waals surface area contributed by atoms with Gasteiger partial charge in [-0.2, -0.15) is 5.26 Å². The Labute approximate surface area is 138 Å². The van der Waals surface area contributed by atoms with Crippen molar-refractivity contribution in [3.05, 3.63) is 23.2 Å². The summed E-state index contributed by atoms with van der Waals surface area (Å²) >= 11 is 5.94. The van der Waals surface area contributed by atoms with E-state index in [1.165, 1.54) is 20.1 Å². The minimum Gasteiger partial charge on any atom is -0.495 e. The molecular weight excluding hydrogens is 322 g/mol. The second kappa shape index (κ2) is 8.76. The van der Waals surface area contributed by atoms with Crippen molar-refractivity contribution in [1.82, 2.24) is 5.32 Å². The molecule has 0 saturated carbocycles. The molecule has 8 heteroatoms. The maximum absolute atomic E-state index is 12.0. The SMILES string of the molecule is COc1ccc(NC(=O)[C@@H](C#N)C(=O)CCNC(C)=O)cc1Cl. The van der Waals surface area contributed by atoms with E-state index in [1.807, 2.05) is 0 Å². The Morgan fingerprint density at radius 1 is 1.39 bits per heavy atom. The van der Waals surface area contributed by atoms with Gasteiger partial charge in [0.2, 0.25) is 11.8 Å². The topological polar surface area (TPSA) is 108 Å². The second-order valence-corrected chi connectivity index (χ2v) is 5.01. The first-order valence-electron chi connectivity index (χ1n) is 6.70. The van der Waals surface area contributed by atoms with Crippen LogP contribution >= 0.6 is 11.6 Å². The third kappa shape index (κ3) is 5.60. The maximum Gasteiger partial charge on any atom is 0.249 e. The third-order valence-electron chi connectivity index (χ3n) is 2.88. The summed E-state index contributed by atoms with van der Waals surface area (Å²) in [4.78, 5) is 34.6. The van der Waals surface area contributed by atoms with E-state index in [4.69, 9.17) is 21.6 Å². The van der Waals surface area contributed by atoms with Crippen LogP contribution in [0.1, 0.15) is 13.3 Å². The van der Waals surface area contributed by atoms with Crippen LogP contribution < -0.4 is 15.4 Å². The molecule has 0 aliphatic heterocycles. The average molecular weight is 338 g/mol. The zero-order valence-corrected chi connectivity index (χ0v) is 13.4. The van der Waals surface area contributed by atoms with Crippen molar-refractivity contribution in [2.45, 2.75) is 13.3 Å². The summed E-state index contributed by atoms with van der Waals surface area (Å²) in [5.41, 5.74) is 0.343. The molecule has 23 heavy (non-hydrogen) atoms. The van der Waals surface area contributed by atoms with Gasteiger partial charge in [-0.1, -0.05) is 11.6 Å². The van der Waals surface area contributed by atoms with Crippen LogP contribution in [0.2, 0.25) is 5.02 Å². The van der Waals surface area contributed by atoms with E-state index < -0.39 is 17.6 Å². The van der Waals surface area contributed by atoms with Crippen LogP contribution in [-0.2, 0) is 14.4 Å². The molecule has 0 aliphatic carbocycles.